The van der Waals surface area contributed by atoms with Gasteiger partial charge in [-0.05, 0) is 36.1 Å². The van der Waals surface area contributed by atoms with E-state index in [1.54, 1.807) is 18.6 Å². The number of fused-ring (bicyclic) bond motifs is 1. The van der Waals surface area contributed by atoms with Crippen LogP contribution in [0.5, 0.6) is 0 Å². The minimum atomic E-state index is -0.281. The second kappa shape index (κ2) is 9.30. The Kier molecular flexibility index (Phi) is 6.13. The number of hydrazone groups is 1. The fourth-order valence-electron chi connectivity index (χ4n) is 3.41. The number of hydrogen-bond donors (Lipinski definition) is 1. The SMILES string of the molecule is CC[C@@H](C)c1ccc(-c2cc(C(=O)NN=Cc3cccnc3)c3ccccc3n2)cc1. The molecule has 5 heteroatoms. The van der Waals surface area contributed by atoms with Crippen LogP contribution in [0.2, 0.25) is 0 Å². The topological polar surface area (TPSA) is 67.2 Å². The molecule has 0 bridgehead atoms. The molecule has 0 saturated carbocycles. The van der Waals surface area contributed by atoms with E-state index in [2.05, 4.69) is 53.6 Å². The Morgan fingerprint density at radius 2 is 1.90 bits per heavy atom. The lowest BCUT2D eigenvalue weighted by atomic mass is 9.96. The fourth-order valence-corrected chi connectivity index (χ4v) is 3.41. The van der Waals surface area contributed by atoms with Gasteiger partial charge < -0.3 is 0 Å². The molecule has 0 radical (unpaired) electrons. The summed E-state index contributed by atoms with van der Waals surface area (Å²) in [6.07, 6.45) is 6.04. The number of para-hydroxylation sites is 1. The summed E-state index contributed by atoms with van der Waals surface area (Å²) >= 11 is 0. The molecule has 0 aliphatic rings. The number of benzene rings is 2. The van der Waals surface area contributed by atoms with Gasteiger partial charge in [-0.15, -0.1) is 0 Å². The zero-order valence-corrected chi connectivity index (χ0v) is 17.6. The van der Waals surface area contributed by atoms with Gasteiger partial charge in [0.05, 0.1) is 23.0 Å². The fraction of sp³-hybridized carbons (Fsp3) is 0.154. The van der Waals surface area contributed by atoms with E-state index < -0.39 is 0 Å². The van der Waals surface area contributed by atoms with Gasteiger partial charge in [-0.2, -0.15) is 5.10 Å². The number of hydrogen-bond acceptors (Lipinski definition) is 4. The number of carbonyl (C=O) groups excluding carboxylic acids is 1. The molecule has 0 saturated heterocycles. The highest BCUT2D eigenvalue weighted by atomic mass is 16.2. The molecule has 0 aliphatic heterocycles. The van der Waals surface area contributed by atoms with Gasteiger partial charge in [-0.25, -0.2) is 10.4 Å². The molecule has 0 fully saturated rings. The van der Waals surface area contributed by atoms with Gasteiger partial charge >= 0.3 is 0 Å². The third-order valence-corrected chi connectivity index (χ3v) is 5.41. The standard InChI is InChI=1S/C26H24N4O/c1-3-18(2)20-10-12-21(13-11-20)25-15-23(22-8-4-5-9-24(22)29-25)26(31)30-28-17-19-7-6-14-27-16-19/h4-18H,3H2,1-2H3,(H,30,31)/t18-/m1/s1. The maximum Gasteiger partial charge on any atom is 0.272 e. The maximum absolute atomic E-state index is 12.9. The smallest absolute Gasteiger partial charge is 0.267 e. The predicted octanol–water partition coefficient (Wildman–Crippen LogP) is 5.57. The van der Waals surface area contributed by atoms with Crippen LogP contribution in [0.25, 0.3) is 22.2 Å². The van der Waals surface area contributed by atoms with E-state index in [1.165, 1.54) is 5.56 Å². The van der Waals surface area contributed by atoms with Crippen LogP contribution in [0.4, 0.5) is 0 Å². The second-order valence-electron chi connectivity index (χ2n) is 7.49. The normalized spacial score (nSPS) is 12.2. The van der Waals surface area contributed by atoms with Gasteiger partial charge in [-0.3, -0.25) is 9.78 Å². The number of rotatable bonds is 6. The van der Waals surface area contributed by atoms with Crippen LogP contribution in [0.15, 0.2) is 84.2 Å². The van der Waals surface area contributed by atoms with Crippen molar-refractivity contribution < 1.29 is 4.79 Å². The Labute approximate surface area is 181 Å². The Hall–Kier alpha value is -3.86. The van der Waals surface area contributed by atoms with Crippen molar-refractivity contribution >= 4 is 23.0 Å². The largest absolute Gasteiger partial charge is 0.272 e. The Morgan fingerprint density at radius 3 is 2.65 bits per heavy atom. The van der Waals surface area contributed by atoms with Crippen molar-refractivity contribution in [2.24, 2.45) is 5.10 Å². The molecule has 31 heavy (non-hydrogen) atoms. The van der Waals surface area contributed by atoms with Gasteiger partial charge in [0.1, 0.15) is 0 Å². The minimum Gasteiger partial charge on any atom is -0.267 e. The van der Waals surface area contributed by atoms with Crippen molar-refractivity contribution in [3.8, 4) is 11.3 Å². The lowest BCUT2D eigenvalue weighted by Crippen LogP contribution is -2.18. The number of pyridine rings is 2. The zero-order valence-electron chi connectivity index (χ0n) is 17.6. The minimum absolute atomic E-state index is 0.281. The summed E-state index contributed by atoms with van der Waals surface area (Å²) in [4.78, 5) is 21.8. The monoisotopic (exact) mass is 408 g/mol. The number of aromatic nitrogens is 2. The van der Waals surface area contributed by atoms with Crippen LogP contribution in [0.1, 0.15) is 47.7 Å². The van der Waals surface area contributed by atoms with E-state index in [0.717, 1.165) is 34.1 Å². The molecule has 1 atom stereocenters. The van der Waals surface area contributed by atoms with Gasteiger partial charge in [-0.1, -0.05) is 62.4 Å². The highest BCUT2D eigenvalue weighted by Crippen LogP contribution is 2.27. The highest BCUT2D eigenvalue weighted by Gasteiger charge is 2.14. The summed E-state index contributed by atoms with van der Waals surface area (Å²) in [6.45, 7) is 4.41. The van der Waals surface area contributed by atoms with Crippen LogP contribution < -0.4 is 5.43 Å². The van der Waals surface area contributed by atoms with Crippen LogP contribution in [0.3, 0.4) is 0 Å². The Morgan fingerprint density at radius 1 is 1.10 bits per heavy atom. The summed E-state index contributed by atoms with van der Waals surface area (Å²) in [6, 6.07) is 21.6. The van der Waals surface area contributed by atoms with Gasteiger partial charge in [0.25, 0.3) is 5.91 Å². The molecule has 4 rings (SSSR count). The van der Waals surface area contributed by atoms with Crippen LogP contribution in [0, 0.1) is 0 Å². The van der Waals surface area contributed by atoms with E-state index in [0.29, 0.717) is 11.5 Å². The highest BCUT2D eigenvalue weighted by molar-refractivity contribution is 6.07. The average Bonchev–Trinajstić information content (AvgIpc) is 2.83. The lowest BCUT2D eigenvalue weighted by Gasteiger charge is -2.11. The van der Waals surface area contributed by atoms with Crippen molar-refractivity contribution in [2.45, 2.75) is 26.2 Å². The van der Waals surface area contributed by atoms with E-state index in [1.807, 2.05) is 42.5 Å². The first-order chi connectivity index (χ1) is 15.2. The average molecular weight is 409 g/mol. The summed E-state index contributed by atoms with van der Waals surface area (Å²) < 4.78 is 0. The first kappa shape index (κ1) is 20.4. The molecule has 0 unspecified atom stereocenters. The third kappa shape index (κ3) is 4.67. The Balaban J connectivity index is 1.66. The van der Waals surface area contributed by atoms with Crippen LogP contribution >= 0.6 is 0 Å². The number of carbonyl (C=O) groups is 1. The molecule has 0 aliphatic carbocycles. The molecule has 4 aromatic rings. The van der Waals surface area contributed by atoms with E-state index in [9.17, 15) is 4.79 Å². The molecule has 154 valence electrons. The predicted molar refractivity (Wildman–Crippen MR) is 125 cm³/mol. The maximum atomic E-state index is 12.9. The quantitative estimate of drug-likeness (QED) is 0.335. The molecule has 5 nitrogen and oxygen atoms in total. The summed E-state index contributed by atoms with van der Waals surface area (Å²) in [7, 11) is 0. The van der Waals surface area contributed by atoms with E-state index in [4.69, 9.17) is 4.98 Å². The van der Waals surface area contributed by atoms with Crippen molar-refractivity contribution in [1.82, 2.24) is 15.4 Å². The summed E-state index contributed by atoms with van der Waals surface area (Å²) in [5, 5.41) is 4.87. The third-order valence-electron chi connectivity index (χ3n) is 5.41. The number of amides is 1. The van der Waals surface area contributed by atoms with Gasteiger partial charge in [0, 0.05) is 28.9 Å². The molecular weight excluding hydrogens is 384 g/mol. The van der Waals surface area contributed by atoms with Crippen LogP contribution in [-0.4, -0.2) is 22.1 Å². The van der Waals surface area contributed by atoms with Gasteiger partial charge in [0.2, 0.25) is 0 Å². The van der Waals surface area contributed by atoms with E-state index >= 15 is 0 Å². The molecule has 2 aromatic carbocycles. The molecular formula is C26H24N4O. The van der Waals surface area contributed by atoms with Crippen molar-refractivity contribution in [2.75, 3.05) is 0 Å². The number of nitrogens with one attached hydrogen (secondary N) is 1. The van der Waals surface area contributed by atoms with Crippen LogP contribution in [-0.2, 0) is 0 Å². The molecule has 0 spiro atoms. The molecule has 1 N–H and O–H groups in total. The molecule has 2 aromatic heterocycles. The first-order valence-corrected chi connectivity index (χ1v) is 10.4. The molecule has 1 amide bonds. The molecule has 2 heterocycles. The first-order valence-electron chi connectivity index (χ1n) is 10.4. The lowest BCUT2D eigenvalue weighted by molar-refractivity contribution is 0.0956. The second-order valence-corrected chi connectivity index (χ2v) is 7.49. The van der Waals surface area contributed by atoms with E-state index in [-0.39, 0.29) is 5.91 Å². The Bertz CT molecular complexity index is 1220. The van der Waals surface area contributed by atoms with Crippen molar-refractivity contribution in [3.05, 3.63) is 95.8 Å². The van der Waals surface area contributed by atoms with Crippen molar-refractivity contribution in [3.63, 3.8) is 0 Å². The number of nitrogens with zero attached hydrogens (tertiary/aromatic N) is 3. The summed E-state index contributed by atoms with van der Waals surface area (Å²) in [5.41, 5.74) is 7.78. The zero-order chi connectivity index (χ0) is 21.6. The summed E-state index contributed by atoms with van der Waals surface area (Å²) in [5.74, 6) is 0.230. The van der Waals surface area contributed by atoms with Crippen molar-refractivity contribution in [1.29, 1.82) is 0 Å². The van der Waals surface area contributed by atoms with Gasteiger partial charge in [0.15, 0.2) is 0 Å².